The van der Waals surface area contributed by atoms with Gasteiger partial charge in [-0.15, -0.1) is 11.8 Å². The number of allylic oxidation sites excluding steroid dienone is 2. The Kier molecular flexibility index (Phi) is 5.74. The van der Waals surface area contributed by atoms with E-state index in [0.717, 1.165) is 22.6 Å². The Morgan fingerprint density at radius 2 is 1.72 bits per heavy atom. The van der Waals surface area contributed by atoms with Crippen LogP contribution in [0.2, 0.25) is 0 Å². The lowest BCUT2D eigenvalue weighted by Gasteiger charge is -2.43. The molecule has 32 heavy (non-hydrogen) atoms. The van der Waals surface area contributed by atoms with Crippen LogP contribution < -0.4 is 4.90 Å². The fourth-order valence-corrected chi connectivity index (χ4v) is 5.07. The van der Waals surface area contributed by atoms with Crippen molar-refractivity contribution in [2.45, 2.75) is 50.1 Å². The average Bonchev–Trinajstić information content (AvgIpc) is 2.71. The molecule has 0 spiro atoms. The molecule has 0 saturated carbocycles. The molecule has 0 N–H and O–H groups in total. The van der Waals surface area contributed by atoms with Crippen LogP contribution in [0.1, 0.15) is 50.2 Å². The Hall–Kier alpha value is -2.54. The Labute approximate surface area is 189 Å². The van der Waals surface area contributed by atoms with Gasteiger partial charge in [0.2, 0.25) is 5.91 Å². The van der Waals surface area contributed by atoms with E-state index in [-0.39, 0.29) is 35.1 Å². The van der Waals surface area contributed by atoms with Gasteiger partial charge in [-0.05, 0) is 54.0 Å². The van der Waals surface area contributed by atoms with Crippen LogP contribution >= 0.6 is 11.8 Å². The van der Waals surface area contributed by atoms with Gasteiger partial charge in [0.1, 0.15) is 0 Å². The van der Waals surface area contributed by atoms with Gasteiger partial charge in [0, 0.05) is 40.6 Å². The number of alkyl halides is 3. The van der Waals surface area contributed by atoms with Crippen molar-refractivity contribution in [3.63, 3.8) is 0 Å². The number of amides is 1. The van der Waals surface area contributed by atoms with Crippen LogP contribution in [-0.4, -0.2) is 17.9 Å². The van der Waals surface area contributed by atoms with Crippen molar-refractivity contribution >= 4 is 29.1 Å². The normalized spacial score (nSPS) is 21.1. The number of hydrogen-bond acceptors (Lipinski definition) is 3. The fraction of sp³-hybridized carbons (Fsp3) is 0.360. The van der Waals surface area contributed by atoms with E-state index in [1.165, 1.54) is 17.0 Å². The van der Waals surface area contributed by atoms with E-state index in [9.17, 15) is 22.8 Å². The van der Waals surface area contributed by atoms with Crippen LogP contribution in [0.15, 0.2) is 64.7 Å². The first kappa shape index (κ1) is 22.6. The molecule has 0 fully saturated rings. The lowest BCUT2D eigenvalue weighted by molar-refractivity contribution is -0.137. The third-order valence-electron chi connectivity index (χ3n) is 6.09. The lowest BCUT2D eigenvalue weighted by Crippen LogP contribution is -2.43. The van der Waals surface area contributed by atoms with Crippen molar-refractivity contribution < 1.29 is 22.8 Å². The van der Waals surface area contributed by atoms with E-state index in [2.05, 4.69) is 0 Å². The molecule has 1 unspecified atom stereocenters. The van der Waals surface area contributed by atoms with E-state index < -0.39 is 11.7 Å². The van der Waals surface area contributed by atoms with Gasteiger partial charge in [-0.3, -0.25) is 14.5 Å². The van der Waals surface area contributed by atoms with Gasteiger partial charge in [-0.1, -0.05) is 32.0 Å². The Bertz CT molecular complexity index is 1100. The second-order valence-electron chi connectivity index (χ2n) is 9.11. The maximum Gasteiger partial charge on any atom is 0.416 e. The van der Waals surface area contributed by atoms with Crippen molar-refractivity contribution in [2.24, 2.45) is 5.41 Å². The maximum atomic E-state index is 13.3. The van der Waals surface area contributed by atoms with Crippen molar-refractivity contribution in [1.82, 2.24) is 0 Å². The van der Waals surface area contributed by atoms with Crippen LogP contribution in [0.4, 0.5) is 18.9 Å². The summed E-state index contributed by atoms with van der Waals surface area (Å²) in [5.74, 6) is -0.730. The predicted octanol–water partition coefficient (Wildman–Crippen LogP) is 6.59. The number of nitrogens with zero attached hydrogens (tertiary/aromatic N) is 1. The van der Waals surface area contributed by atoms with Crippen LogP contribution in [0, 0.1) is 5.41 Å². The average molecular weight is 460 g/mol. The van der Waals surface area contributed by atoms with Crippen molar-refractivity contribution in [2.75, 3.05) is 11.2 Å². The highest BCUT2D eigenvalue weighted by molar-refractivity contribution is 7.98. The summed E-state index contributed by atoms with van der Waals surface area (Å²) >= 11 is 1.60. The fourth-order valence-electron chi connectivity index (χ4n) is 4.66. The molecule has 0 saturated heterocycles. The van der Waals surface area contributed by atoms with Crippen LogP contribution in [0.5, 0.6) is 0 Å². The highest BCUT2D eigenvalue weighted by atomic mass is 32.2. The van der Waals surface area contributed by atoms with Crippen LogP contribution in [-0.2, 0) is 15.8 Å². The van der Waals surface area contributed by atoms with E-state index in [1.807, 2.05) is 44.4 Å². The minimum absolute atomic E-state index is 0.0415. The van der Waals surface area contributed by atoms with Gasteiger partial charge in [-0.25, -0.2) is 0 Å². The number of carbonyl (C=O) groups excluding carboxylic acids is 2. The number of benzene rings is 2. The van der Waals surface area contributed by atoms with Gasteiger partial charge in [0.25, 0.3) is 0 Å². The molecule has 7 heteroatoms. The molecule has 168 valence electrons. The summed E-state index contributed by atoms with van der Waals surface area (Å²) in [5, 5.41) is 0. The van der Waals surface area contributed by atoms with Gasteiger partial charge in [0.15, 0.2) is 5.78 Å². The third-order valence-corrected chi connectivity index (χ3v) is 6.84. The highest BCUT2D eigenvalue weighted by Crippen LogP contribution is 2.48. The molecule has 1 heterocycles. The van der Waals surface area contributed by atoms with E-state index in [1.54, 1.807) is 11.8 Å². The summed E-state index contributed by atoms with van der Waals surface area (Å²) in [4.78, 5) is 29.0. The summed E-state index contributed by atoms with van der Waals surface area (Å²) in [7, 11) is 0. The lowest BCUT2D eigenvalue weighted by atomic mass is 9.69. The smallest absolute Gasteiger partial charge is 0.294 e. The summed E-state index contributed by atoms with van der Waals surface area (Å²) in [6, 6.07) is 12.6. The van der Waals surface area contributed by atoms with Crippen molar-refractivity contribution in [1.29, 1.82) is 0 Å². The minimum Gasteiger partial charge on any atom is -0.294 e. The summed E-state index contributed by atoms with van der Waals surface area (Å²) in [6.07, 6.45) is -1.72. The molecule has 1 amide bonds. The molecule has 2 aromatic carbocycles. The molecule has 1 atom stereocenters. The summed E-state index contributed by atoms with van der Waals surface area (Å²) in [5.41, 5.74) is 0.903. The second-order valence-corrected chi connectivity index (χ2v) is 9.99. The molecule has 0 aromatic heterocycles. The number of ketones is 1. The second kappa shape index (κ2) is 8.10. The molecule has 0 radical (unpaired) electrons. The highest BCUT2D eigenvalue weighted by Gasteiger charge is 2.44. The van der Waals surface area contributed by atoms with Gasteiger partial charge < -0.3 is 0 Å². The van der Waals surface area contributed by atoms with Gasteiger partial charge in [0.05, 0.1) is 5.56 Å². The molecule has 3 nitrogen and oxygen atoms in total. The molecular formula is C25H24F3NO2S. The summed E-state index contributed by atoms with van der Waals surface area (Å²) < 4.78 is 40.0. The molecule has 2 aromatic rings. The molecule has 1 aliphatic heterocycles. The van der Waals surface area contributed by atoms with Crippen LogP contribution in [0.3, 0.4) is 0 Å². The molecule has 4 rings (SSSR count). The number of hydrogen-bond donors (Lipinski definition) is 0. The zero-order valence-electron chi connectivity index (χ0n) is 18.1. The number of anilines is 1. The standard InChI is InChI=1S/C25H24F3NO2S/c1-24(2)13-20-23(21(30)14-24)19(15-7-9-18(32-3)10-8-15)12-22(31)29(20)17-6-4-5-16(11-17)25(26,27)28/h4-11,19H,12-14H2,1-3H3. The number of thioether (sulfide) groups is 1. The molecule has 1 aliphatic carbocycles. The number of halogens is 3. The first-order valence-electron chi connectivity index (χ1n) is 10.4. The minimum atomic E-state index is -4.52. The first-order valence-corrected chi connectivity index (χ1v) is 11.6. The van der Waals surface area contributed by atoms with E-state index in [0.29, 0.717) is 24.1 Å². The molecule has 0 bridgehead atoms. The number of Topliss-reactive ketones (excluding diaryl/α,β-unsaturated/α-hetero) is 1. The molecular weight excluding hydrogens is 435 g/mol. The Morgan fingerprint density at radius 3 is 2.34 bits per heavy atom. The van der Waals surface area contributed by atoms with Crippen molar-refractivity contribution in [3.05, 3.63) is 70.9 Å². The van der Waals surface area contributed by atoms with Gasteiger partial charge >= 0.3 is 6.18 Å². The number of carbonyl (C=O) groups is 2. The quantitative estimate of drug-likeness (QED) is 0.486. The maximum absolute atomic E-state index is 13.3. The van der Waals surface area contributed by atoms with E-state index in [4.69, 9.17) is 0 Å². The van der Waals surface area contributed by atoms with Crippen LogP contribution in [0.25, 0.3) is 0 Å². The zero-order chi connectivity index (χ0) is 23.3. The number of rotatable bonds is 3. The largest absolute Gasteiger partial charge is 0.416 e. The molecule has 2 aliphatic rings. The third kappa shape index (κ3) is 4.22. The topological polar surface area (TPSA) is 37.4 Å². The Balaban J connectivity index is 1.87. The first-order chi connectivity index (χ1) is 15.0. The predicted molar refractivity (Wildman–Crippen MR) is 120 cm³/mol. The van der Waals surface area contributed by atoms with E-state index >= 15 is 0 Å². The zero-order valence-corrected chi connectivity index (χ0v) is 18.9. The SMILES string of the molecule is CSc1ccc(C2CC(=O)N(c3cccc(C(F)(F)F)c3)C3=C2C(=O)CC(C)(C)C3)cc1. The Morgan fingerprint density at radius 1 is 1.03 bits per heavy atom. The van der Waals surface area contributed by atoms with Crippen molar-refractivity contribution in [3.8, 4) is 0 Å². The summed E-state index contributed by atoms with van der Waals surface area (Å²) in [6.45, 7) is 3.89. The monoisotopic (exact) mass is 459 g/mol. The van der Waals surface area contributed by atoms with Gasteiger partial charge in [-0.2, -0.15) is 13.2 Å².